The molecule has 0 aromatic heterocycles. The van der Waals surface area contributed by atoms with E-state index in [0.717, 1.165) is 12.2 Å². The number of ether oxygens (including phenoxy) is 1. The number of nitriles is 1. The van der Waals surface area contributed by atoms with Crippen molar-refractivity contribution >= 4 is 0 Å². The van der Waals surface area contributed by atoms with Gasteiger partial charge in [-0.25, -0.2) is 0 Å². The molecule has 2 rings (SSSR count). The zero-order valence-corrected chi connectivity index (χ0v) is 13.0. The minimum atomic E-state index is -1.33. The minimum Gasteiger partial charge on any atom is -0.494 e. The summed E-state index contributed by atoms with van der Waals surface area (Å²) in [5.74, 6) is 0.197. The maximum absolute atomic E-state index is 11.2. The van der Waals surface area contributed by atoms with Gasteiger partial charge in [0, 0.05) is 0 Å². The predicted octanol–water partition coefficient (Wildman–Crippen LogP) is 3.87. The van der Waals surface area contributed by atoms with Crippen LogP contribution in [0.5, 0.6) is 5.75 Å². The van der Waals surface area contributed by atoms with E-state index in [1.54, 1.807) is 6.92 Å². The summed E-state index contributed by atoms with van der Waals surface area (Å²) in [4.78, 5) is 0. The van der Waals surface area contributed by atoms with Crippen molar-refractivity contribution < 1.29 is 9.84 Å². The van der Waals surface area contributed by atoms with Gasteiger partial charge >= 0.3 is 0 Å². The van der Waals surface area contributed by atoms with Crippen LogP contribution in [-0.2, 0) is 5.60 Å². The molecule has 1 N–H and O–H groups in total. The van der Waals surface area contributed by atoms with Gasteiger partial charge in [-0.2, -0.15) is 5.26 Å². The summed E-state index contributed by atoms with van der Waals surface area (Å²) < 4.78 is 5.57. The first-order valence-corrected chi connectivity index (χ1v) is 7.53. The van der Waals surface area contributed by atoms with Crippen molar-refractivity contribution in [2.75, 3.05) is 6.61 Å². The third-order valence-electron chi connectivity index (χ3n) is 3.80. The Morgan fingerprint density at radius 1 is 1.09 bits per heavy atom. The minimum absolute atomic E-state index is 0.572. The number of hydrogen-bond donors (Lipinski definition) is 1. The molecule has 0 aliphatic rings. The van der Waals surface area contributed by atoms with Crippen LogP contribution < -0.4 is 4.74 Å². The van der Waals surface area contributed by atoms with E-state index in [1.807, 2.05) is 54.6 Å². The highest BCUT2D eigenvalue weighted by Gasteiger charge is 2.37. The first kappa shape index (κ1) is 16.1. The SMILES string of the molecule is CCCOc1ccc(C(O)(c2ccccc2)C(C)C#N)cc1. The number of benzene rings is 2. The van der Waals surface area contributed by atoms with Gasteiger partial charge in [0.05, 0.1) is 18.6 Å². The molecule has 0 aliphatic carbocycles. The molecule has 2 unspecified atom stereocenters. The highest BCUT2D eigenvalue weighted by molar-refractivity contribution is 5.40. The standard InChI is InChI=1S/C19H21NO2/c1-3-13-22-18-11-9-17(10-12-18)19(21,15(2)14-20)16-7-5-4-6-8-16/h4-12,15,21H,3,13H2,1-2H3. The van der Waals surface area contributed by atoms with Gasteiger partial charge in [-0.3, -0.25) is 0 Å². The molecule has 0 saturated carbocycles. The number of aliphatic hydroxyl groups is 1. The third-order valence-corrected chi connectivity index (χ3v) is 3.80. The summed E-state index contributed by atoms with van der Waals surface area (Å²) in [6.45, 7) is 4.45. The summed E-state index contributed by atoms with van der Waals surface area (Å²) >= 11 is 0. The zero-order valence-electron chi connectivity index (χ0n) is 13.0. The van der Waals surface area contributed by atoms with E-state index in [0.29, 0.717) is 17.7 Å². The summed E-state index contributed by atoms with van der Waals surface area (Å²) in [5.41, 5.74) is 0.0714. The highest BCUT2D eigenvalue weighted by atomic mass is 16.5. The molecule has 0 bridgehead atoms. The van der Waals surface area contributed by atoms with Gasteiger partial charge in [-0.1, -0.05) is 49.4 Å². The molecule has 3 nitrogen and oxygen atoms in total. The van der Waals surface area contributed by atoms with E-state index in [9.17, 15) is 10.4 Å². The Bertz CT molecular complexity index is 631. The van der Waals surface area contributed by atoms with Gasteiger partial charge in [0.1, 0.15) is 11.4 Å². The Labute approximate surface area is 131 Å². The molecule has 114 valence electrons. The molecule has 0 fully saturated rings. The summed E-state index contributed by atoms with van der Waals surface area (Å²) in [7, 11) is 0. The largest absolute Gasteiger partial charge is 0.494 e. The van der Waals surface area contributed by atoms with Gasteiger partial charge < -0.3 is 9.84 Å². The number of rotatable bonds is 6. The van der Waals surface area contributed by atoms with Gasteiger partial charge in [0.2, 0.25) is 0 Å². The van der Waals surface area contributed by atoms with Crippen molar-refractivity contribution in [2.45, 2.75) is 25.9 Å². The van der Waals surface area contributed by atoms with Crippen LogP contribution in [0.25, 0.3) is 0 Å². The number of nitrogens with zero attached hydrogens (tertiary/aromatic N) is 1. The second kappa shape index (κ2) is 7.11. The van der Waals surface area contributed by atoms with E-state index >= 15 is 0 Å². The van der Waals surface area contributed by atoms with Crippen molar-refractivity contribution in [3.8, 4) is 11.8 Å². The maximum Gasteiger partial charge on any atom is 0.130 e. The van der Waals surface area contributed by atoms with Crippen LogP contribution >= 0.6 is 0 Å². The molecule has 3 heteroatoms. The quantitative estimate of drug-likeness (QED) is 0.880. The lowest BCUT2D eigenvalue weighted by molar-refractivity contribution is 0.0463. The van der Waals surface area contributed by atoms with Crippen LogP contribution in [-0.4, -0.2) is 11.7 Å². The van der Waals surface area contributed by atoms with Gasteiger partial charge in [0.15, 0.2) is 0 Å². The van der Waals surface area contributed by atoms with Crippen LogP contribution in [0.15, 0.2) is 54.6 Å². The van der Waals surface area contributed by atoms with E-state index in [4.69, 9.17) is 4.74 Å². The third kappa shape index (κ3) is 3.13. The molecule has 0 amide bonds. The van der Waals surface area contributed by atoms with Crippen molar-refractivity contribution in [1.82, 2.24) is 0 Å². The Kier molecular flexibility index (Phi) is 5.19. The second-order valence-electron chi connectivity index (χ2n) is 5.36. The van der Waals surface area contributed by atoms with E-state index in [-0.39, 0.29) is 0 Å². The van der Waals surface area contributed by atoms with Crippen molar-refractivity contribution in [1.29, 1.82) is 5.26 Å². The van der Waals surface area contributed by atoms with Crippen LogP contribution in [0.3, 0.4) is 0 Å². The molecule has 2 aromatic carbocycles. The molecule has 2 atom stereocenters. The molecule has 0 spiro atoms. The lowest BCUT2D eigenvalue weighted by Gasteiger charge is -2.31. The normalized spacial score (nSPS) is 14.6. The van der Waals surface area contributed by atoms with E-state index in [1.165, 1.54) is 0 Å². The lowest BCUT2D eigenvalue weighted by Crippen LogP contribution is -2.34. The van der Waals surface area contributed by atoms with Crippen LogP contribution in [0.4, 0.5) is 0 Å². The van der Waals surface area contributed by atoms with Crippen molar-refractivity contribution in [3.05, 3.63) is 65.7 Å². The Morgan fingerprint density at radius 3 is 2.23 bits per heavy atom. The topological polar surface area (TPSA) is 53.2 Å². The summed E-state index contributed by atoms with van der Waals surface area (Å²) in [5, 5.41) is 20.6. The highest BCUT2D eigenvalue weighted by Crippen LogP contribution is 2.37. The molecular weight excluding hydrogens is 274 g/mol. The Hall–Kier alpha value is -2.31. The molecule has 0 aliphatic heterocycles. The molecule has 22 heavy (non-hydrogen) atoms. The Balaban J connectivity index is 2.41. The average molecular weight is 295 g/mol. The fourth-order valence-corrected chi connectivity index (χ4v) is 2.48. The smallest absolute Gasteiger partial charge is 0.130 e. The molecular formula is C19H21NO2. The fourth-order valence-electron chi connectivity index (χ4n) is 2.48. The summed E-state index contributed by atoms with van der Waals surface area (Å²) in [6.07, 6.45) is 0.946. The lowest BCUT2D eigenvalue weighted by atomic mass is 9.77. The molecule has 2 aromatic rings. The molecule has 0 radical (unpaired) electrons. The maximum atomic E-state index is 11.2. The summed E-state index contributed by atoms with van der Waals surface area (Å²) in [6, 6.07) is 18.8. The monoisotopic (exact) mass is 295 g/mol. The van der Waals surface area contributed by atoms with Crippen LogP contribution in [0, 0.1) is 17.2 Å². The molecule has 0 saturated heterocycles. The Morgan fingerprint density at radius 2 is 1.68 bits per heavy atom. The van der Waals surface area contributed by atoms with E-state index < -0.39 is 11.5 Å². The first-order chi connectivity index (χ1) is 10.6. The fraction of sp³-hybridized carbons (Fsp3) is 0.316. The first-order valence-electron chi connectivity index (χ1n) is 7.53. The van der Waals surface area contributed by atoms with Gasteiger partial charge in [-0.05, 0) is 36.6 Å². The zero-order chi connectivity index (χ0) is 16.0. The predicted molar refractivity (Wildman–Crippen MR) is 86.4 cm³/mol. The average Bonchev–Trinajstić information content (AvgIpc) is 2.59. The second-order valence-corrected chi connectivity index (χ2v) is 5.36. The van der Waals surface area contributed by atoms with Crippen molar-refractivity contribution in [3.63, 3.8) is 0 Å². The van der Waals surface area contributed by atoms with Gasteiger partial charge in [0.25, 0.3) is 0 Å². The van der Waals surface area contributed by atoms with Crippen LogP contribution in [0.1, 0.15) is 31.4 Å². The van der Waals surface area contributed by atoms with E-state index in [2.05, 4.69) is 13.0 Å². The van der Waals surface area contributed by atoms with Gasteiger partial charge in [-0.15, -0.1) is 0 Å². The number of hydrogen-bond acceptors (Lipinski definition) is 3. The van der Waals surface area contributed by atoms with Crippen molar-refractivity contribution in [2.24, 2.45) is 5.92 Å². The molecule has 0 heterocycles. The van der Waals surface area contributed by atoms with Crippen LogP contribution in [0.2, 0.25) is 0 Å².